The fraction of sp³-hybridized carbons (Fsp3) is 0.462. The van der Waals surface area contributed by atoms with E-state index in [4.69, 9.17) is 38.0 Å². The molecule has 3 rings (SSSR count). The van der Waals surface area contributed by atoms with E-state index < -0.39 is 11.5 Å². The lowest BCUT2D eigenvalue weighted by molar-refractivity contribution is -0.143. The Morgan fingerprint density at radius 2 is 1.79 bits per heavy atom. The van der Waals surface area contributed by atoms with Crippen LogP contribution in [0.25, 0.3) is 0 Å². The Morgan fingerprint density at radius 3 is 2.28 bits per heavy atom. The Morgan fingerprint density at radius 1 is 1.18 bits per heavy atom. The molecular formula is C26H40ClN5O7. The number of carbonyl (C=O) groups is 3. The highest BCUT2D eigenvalue weighted by atomic mass is 35.5. The second kappa shape index (κ2) is 21.5. The number of nitrogens with one attached hydrogen (secondary N) is 2. The summed E-state index contributed by atoms with van der Waals surface area (Å²) < 4.78 is 4.89. The molecule has 0 bridgehead atoms. The third-order valence-electron chi connectivity index (χ3n) is 5.28. The van der Waals surface area contributed by atoms with Gasteiger partial charge >= 0.3 is 5.97 Å². The number of aliphatic hydroxyl groups is 2. The third-order valence-corrected chi connectivity index (χ3v) is 5.59. The zero-order valence-corrected chi connectivity index (χ0v) is 23.2. The molecule has 0 saturated carbocycles. The van der Waals surface area contributed by atoms with Crippen LogP contribution in [-0.4, -0.2) is 78.3 Å². The molecule has 0 aliphatic carbocycles. The minimum Gasteiger partial charge on any atom is -0.465 e. The topological polar surface area (TPSA) is 201 Å². The summed E-state index contributed by atoms with van der Waals surface area (Å²) in [6.07, 6.45) is 5.54. The number of nitrogen functional groups attached to an aromatic ring is 1. The predicted molar refractivity (Wildman–Crippen MR) is 152 cm³/mol. The van der Waals surface area contributed by atoms with Crippen molar-refractivity contribution < 1.29 is 29.3 Å². The summed E-state index contributed by atoms with van der Waals surface area (Å²) in [6, 6.07) is 8.06. The maximum Gasteiger partial charge on any atom is 0.310 e. The van der Waals surface area contributed by atoms with Gasteiger partial charge in [0.25, 0.3) is 11.5 Å². The average Bonchev–Trinajstić information content (AvgIpc) is 2.94. The highest BCUT2D eigenvalue weighted by Crippen LogP contribution is 2.13. The highest BCUT2D eigenvalue weighted by molar-refractivity contribution is 6.33. The van der Waals surface area contributed by atoms with Crippen LogP contribution in [0.3, 0.4) is 0 Å². The SMILES string of the molecule is CCN1CCCCC1.CO.NC(=O)c1cc(Cl)c(N)[nH]c1=O.O=CNc1ccc(CC(=O)OCCCO)cc1. The summed E-state index contributed by atoms with van der Waals surface area (Å²) in [7, 11) is 1.00. The van der Waals surface area contributed by atoms with Crippen molar-refractivity contribution in [2.24, 2.45) is 5.73 Å². The molecule has 0 radical (unpaired) electrons. The average molecular weight is 570 g/mol. The number of H-pyrrole nitrogens is 1. The Bertz CT molecular complexity index is 1040. The van der Waals surface area contributed by atoms with Gasteiger partial charge < -0.3 is 41.6 Å². The van der Waals surface area contributed by atoms with Gasteiger partial charge in [0.05, 0.1) is 18.1 Å². The minimum absolute atomic E-state index is 0.0132. The Balaban J connectivity index is 0.000000571. The monoisotopic (exact) mass is 569 g/mol. The molecule has 218 valence electrons. The summed E-state index contributed by atoms with van der Waals surface area (Å²) in [5.41, 5.74) is 10.8. The van der Waals surface area contributed by atoms with Gasteiger partial charge in [-0.3, -0.25) is 19.2 Å². The Hall–Kier alpha value is -3.45. The molecule has 8 N–H and O–H groups in total. The van der Waals surface area contributed by atoms with Gasteiger partial charge in [-0.05, 0) is 56.2 Å². The van der Waals surface area contributed by atoms with Gasteiger partial charge in [-0.1, -0.05) is 37.1 Å². The molecule has 0 atom stereocenters. The first-order valence-corrected chi connectivity index (χ1v) is 12.8. The van der Waals surface area contributed by atoms with Gasteiger partial charge in [0, 0.05) is 25.8 Å². The van der Waals surface area contributed by atoms with E-state index in [1.165, 1.54) is 38.9 Å². The van der Waals surface area contributed by atoms with Crippen LogP contribution in [0, 0.1) is 0 Å². The number of pyridine rings is 1. The number of rotatable bonds is 9. The zero-order chi connectivity index (χ0) is 29.6. The molecule has 0 spiro atoms. The number of aliphatic hydroxyl groups excluding tert-OH is 2. The number of anilines is 2. The molecule has 2 heterocycles. The summed E-state index contributed by atoms with van der Waals surface area (Å²) in [5, 5.41) is 18.1. The number of nitrogens with two attached hydrogens (primary N) is 2. The van der Waals surface area contributed by atoms with Crippen molar-refractivity contribution in [3.05, 3.63) is 56.8 Å². The van der Waals surface area contributed by atoms with E-state index in [1.54, 1.807) is 24.3 Å². The number of carbonyl (C=O) groups excluding carboxylic acids is 3. The summed E-state index contributed by atoms with van der Waals surface area (Å²) in [4.78, 5) is 47.7. The lowest BCUT2D eigenvalue weighted by Crippen LogP contribution is -2.29. The second-order valence-corrected chi connectivity index (χ2v) is 8.47. The first kappa shape index (κ1) is 35.5. The van der Waals surface area contributed by atoms with Crippen LogP contribution >= 0.6 is 11.6 Å². The quantitative estimate of drug-likeness (QED) is 0.147. The van der Waals surface area contributed by atoms with E-state index in [1.807, 2.05) is 0 Å². The van der Waals surface area contributed by atoms with Crippen LogP contribution in [0.2, 0.25) is 5.02 Å². The maximum absolute atomic E-state index is 11.3. The molecule has 12 nitrogen and oxygen atoms in total. The Labute approximate surface area is 233 Å². The van der Waals surface area contributed by atoms with Gasteiger partial charge in [0.1, 0.15) is 11.4 Å². The van der Waals surface area contributed by atoms with E-state index in [0.717, 1.165) is 18.7 Å². The van der Waals surface area contributed by atoms with Crippen molar-refractivity contribution >= 4 is 41.4 Å². The van der Waals surface area contributed by atoms with E-state index in [2.05, 4.69) is 22.1 Å². The van der Waals surface area contributed by atoms with Gasteiger partial charge in [-0.2, -0.15) is 0 Å². The number of amides is 2. The van der Waals surface area contributed by atoms with Gasteiger partial charge in [0.2, 0.25) is 6.41 Å². The molecule has 1 aliphatic heterocycles. The maximum atomic E-state index is 11.3. The number of hydrogen-bond donors (Lipinski definition) is 6. The number of esters is 1. The fourth-order valence-electron chi connectivity index (χ4n) is 3.23. The lowest BCUT2D eigenvalue weighted by atomic mass is 10.1. The van der Waals surface area contributed by atoms with Gasteiger partial charge in [0.15, 0.2) is 0 Å². The number of aromatic nitrogens is 1. The zero-order valence-electron chi connectivity index (χ0n) is 22.5. The lowest BCUT2D eigenvalue weighted by Gasteiger charge is -2.24. The van der Waals surface area contributed by atoms with E-state index in [9.17, 15) is 19.2 Å². The van der Waals surface area contributed by atoms with Crippen LogP contribution in [0.1, 0.15) is 48.5 Å². The van der Waals surface area contributed by atoms with Gasteiger partial charge in [-0.25, -0.2) is 0 Å². The molecule has 1 aromatic heterocycles. The van der Waals surface area contributed by atoms with Crippen LogP contribution in [0.5, 0.6) is 0 Å². The van der Waals surface area contributed by atoms with Crippen molar-refractivity contribution in [1.29, 1.82) is 0 Å². The van der Waals surface area contributed by atoms with E-state index in [-0.39, 0.29) is 42.0 Å². The van der Waals surface area contributed by atoms with Crippen LogP contribution in [0.4, 0.5) is 11.5 Å². The summed E-state index contributed by atoms with van der Waals surface area (Å²) in [5.74, 6) is -1.14. The normalized spacial score (nSPS) is 12.2. The van der Waals surface area contributed by atoms with E-state index in [0.29, 0.717) is 18.5 Å². The van der Waals surface area contributed by atoms with Crippen molar-refractivity contribution in [1.82, 2.24) is 9.88 Å². The predicted octanol–water partition coefficient (Wildman–Crippen LogP) is 1.53. The number of ether oxygens (including phenoxy) is 1. The molecule has 1 aromatic carbocycles. The first-order chi connectivity index (χ1) is 18.7. The van der Waals surface area contributed by atoms with Crippen molar-refractivity contribution in [2.45, 2.75) is 39.0 Å². The minimum atomic E-state index is -0.835. The molecule has 1 saturated heterocycles. The second-order valence-electron chi connectivity index (χ2n) is 8.07. The van der Waals surface area contributed by atoms with Crippen LogP contribution < -0.4 is 22.3 Å². The molecule has 0 unspecified atom stereocenters. The number of aromatic amines is 1. The number of hydrogen-bond acceptors (Lipinski definition) is 9. The third kappa shape index (κ3) is 15.5. The molecule has 1 fully saturated rings. The first-order valence-electron chi connectivity index (χ1n) is 12.4. The Kier molecular flexibility index (Phi) is 19.6. The summed E-state index contributed by atoms with van der Waals surface area (Å²) in [6.45, 7) is 6.43. The number of primary amides is 1. The summed E-state index contributed by atoms with van der Waals surface area (Å²) >= 11 is 5.53. The molecule has 2 amide bonds. The molecule has 13 heteroatoms. The van der Waals surface area contributed by atoms with Crippen LogP contribution in [-0.2, 0) is 20.7 Å². The molecule has 2 aromatic rings. The standard InChI is InChI=1S/C12H15NO4.C7H15N.C6H6ClN3O2.CH4O/c14-6-1-7-17-12(16)8-10-2-4-11(5-3-10)13-9-15;1-2-8-6-4-3-5-7-8;7-3-1-2(5(9)11)6(12)10-4(3)8;1-2/h2-5,9,14H,1,6-8H2,(H,13,15);2-7H2,1H3;1H,(H2,9,11)(H3,8,10,12);2H,1H3. The van der Waals surface area contributed by atoms with E-state index >= 15 is 0 Å². The number of piperidine rings is 1. The number of nitrogens with zero attached hydrogens (tertiary/aromatic N) is 1. The molecule has 1 aliphatic rings. The number of likely N-dealkylation sites (tertiary alicyclic amines) is 1. The van der Waals surface area contributed by atoms with Crippen molar-refractivity contribution in [3.63, 3.8) is 0 Å². The largest absolute Gasteiger partial charge is 0.465 e. The van der Waals surface area contributed by atoms with Gasteiger partial charge in [-0.15, -0.1) is 0 Å². The fourth-order valence-corrected chi connectivity index (χ4v) is 3.39. The van der Waals surface area contributed by atoms with Crippen molar-refractivity contribution in [3.8, 4) is 0 Å². The van der Waals surface area contributed by atoms with Crippen molar-refractivity contribution in [2.75, 3.05) is 51.0 Å². The highest BCUT2D eigenvalue weighted by Gasteiger charge is 2.09. The number of benzene rings is 1. The molecule has 39 heavy (non-hydrogen) atoms. The molecular weight excluding hydrogens is 530 g/mol. The number of halogens is 1. The van der Waals surface area contributed by atoms with Crippen LogP contribution in [0.15, 0.2) is 35.1 Å². The smallest absolute Gasteiger partial charge is 0.310 e.